The fourth-order valence-corrected chi connectivity index (χ4v) is 3.64. The number of phenolic OH excluding ortho intramolecular Hbond substituents is 1. The Balaban J connectivity index is 3.59. The van der Waals surface area contributed by atoms with Gasteiger partial charge in [-0.25, -0.2) is 4.79 Å². The summed E-state index contributed by atoms with van der Waals surface area (Å²) < 4.78 is 5.40. The summed E-state index contributed by atoms with van der Waals surface area (Å²) in [7, 11) is 0. The lowest BCUT2D eigenvalue weighted by atomic mass is 9.90. The molecule has 8 heteroatoms. The predicted octanol–water partition coefficient (Wildman–Crippen LogP) is 4.92. The number of hydrogen-bond donors (Lipinski definition) is 3. The molecule has 1 aromatic rings. The van der Waals surface area contributed by atoms with Crippen LogP contribution in [0.4, 0.5) is 4.79 Å². The second-order valence-electron chi connectivity index (χ2n) is 10.8. The van der Waals surface area contributed by atoms with Crippen LogP contribution >= 0.6 is 0 Å². The molecule has 2 unspecified atom stereocenters. The number of nitrogens with zero attached hydrogens (tertiary/aromatic N) is 1. The second-order valence-corrected chi connectivity index (χ2v) is 10.8. The fourth-order valence-electron chi connectivity index (χ4n) is 3.64. The number of ether oxygens (including phenoxy) is 1. The third-order valence-electron chi connectivity index (χ3n) is 5.93. The topological polar surface area (TPSA) is 108 Å². The minimum atomic E-state index is -1.09. The van der Waals surface area contributed by atoms with Gasteiger partial charge in [-0.1, -0.05) is 52.3 Å². The lowest BCUT2D eigenvalue weighted by Crippen LogP contribution is -2.60. The first-order valence-electron chi connectivity index (χ1n) is 12.5. The number of alkyl carbamates (subject to hydrolysis) is 1. The van der Waals surface area contributed by atoms with Crippen molar-refractivity contribution in [2.75, 3.05) is 6.54 Å². The molecule has 0 spiro atoms. The number of amides is 3. The molecule has 0 aliphatic carbocycles. The molecule has 1 aromatic carbocycles. The summed E-state index contributed by atoms with van der Waals surface area (Å²) in [5, 5.41) is 16.3. The number of unbranched alkanes of at least 4 members (excludes halogenated alkanes) is 1. The van der Waals surface area contributed by atoms with Crippen molar-refractivity contribution >= 4 is 17.9 Å². The maximum atomic E-state index is 14.1. The van der Waals surface area contributed by atoms with E-state index >= 15 is 0 Å². The number of carbonyl (C=O) groups is 3. The third-order valence-corrected chi connectivity index (χ3v) is 5.93. The summed E-state index contributed by atoms with van der Waals surface area (Å²) in [6, 6.07) is 4.52. The minimum Gasteiger partial charge on any atom is -0.508 e. The molecular formula is C27H45N3O5. The van der Waals surface area contributed by atoms with E-state index in [4.69, 9.17) is 4.74 Å². The summed E-state index contributed by atoms with van der Waals surface area (Å²) >= 11 is 0. The SMILES string of the molecule is CCCCNC(=O)C(c1ccccc1O)N(C(=O)C(NC(=O)OC(C)(C)C)C(C)C)C(C)(C)CC. The van der Waals surface area contributed by atoms with Gasteiger partial charge in [0.25, 0.3) is 0 Å². The Morgan fingerprint density at radius 1 is 1.06 bits per heavy atom. The molecular weight excluding hydrogens is 446 g/mol. The van der Waals surface area contributed by atoms with Crippen LogP contribution < -0.4 is 10.6 Å². The van der Waals surface area contributed by atoms with E-state index in [0.29, 0.717) is 18.5 Å². The molecule has 2 atom stereocenters. The first-order valence-corrected chi connectivity index (χ1v) is 12.5. The molecule has 0 aromatic heterocycles. The van der Waals surface area contributed by atoms with Gasteiger partial charge in [0.2, 0.25) is 11.8 Å². The van der Waals surface area contributed by atoms with Crippen molar-refractivity contribution in [2.24, 2.45) is 5.92 Å². The number of carbonyl (C=O) groups excluding carboxylic acids is 3. The van der Waals surface area contributed by atoms with Gasteiger partial charge in [-0.3, -0.25) is 9.59 Å². The van der Waals surface area contributed by atoms with Gasteiger partial charge in [0.05, 0.1) is 0 Å². The Morgan fingerprint density at radius 3 is 2.14 bits per heavy atom. The van der Waals surface area contributed by atoms with Crippen molar-refractivity contribution in [3.05, 3.63) is 29.8 Å². The number of rotatable bonds is 11. The van der Waals surface area contributed by atoms with Crippen LogP contribution in [-0.4, -0.2) is 51.6 Å². The number of phenols is 1. The van der Waals surface area contributed by atoms with Crippen molar-refractivity contribution < 1.29 is 24.2 Å². The summed E-state index contributed by atoms with van der Waals surface area (Å²) in [5.74, 6) is -1.15. The molecule has 0 radical (unpaired) electrons. The molecule has 0 bridgehead atoms. The van der Waals surface area contributed by atoms with Crippen LogP contribution in [0.25, 0.3) is 0 Å². The highest BCUT2D eigenvalue weighted by atomic mass is 16.6. The summed E-state index contributed by atoms with van der Waals surface area (Å²) in [4.78, 5) is 41.8. The highest BCUT2D eigenvalue weighted by molar-refractivity contribution is 5.93. The lowest BCUT2D eigenvalue weighted by Gasteiger charge is -2.45. The van der Waals surface area contributed by atoms with E-state index in [1.165, 1.54) is 11.0 Å². The van der Waals surface area contributed by atoms with E-state index in [0.717, 1.165) is 12.8 Å². The maximum absolute atomic E-state index is 14.1. The molecule has 3 amide bonds. The summed E-state index contributed by atoms with van der Waals surface area (Å²) in [6.45, 7) is 17.1. The predicted molar refractivity (Wildman–Crippen MR) is 138 cm³/mol. The number of aromatic hydroxyl groups is 1. The molecule has 35 heavy (non-hydrogen) atoms. The quantitative estimate of drug-likeness (QED) is 0.381. The molecule has 0 heterocycles. The van der Waals surface area contributed by atoms with Crippen LogP contribution in [0.2, 0.25) is 0 Å². The molecule has 198 valence electrons. The second kappa shape index (κ2) is 12.8. The van der Waals surface area contributed by atoms with E-state index in [-0.39, 0.29) is 17.6 Å². The monoisotopic (exact) mass is 491 g/mol. The van der Waals surface area contributed by atoms with Gasteiger partial charge in [-0.15, -0.1) is 0 Å². The average molecular weight is 492 g/mol. The van der Waals surface area contributed by atoms with Crippen LogP contribution in [0.5, 0.6) is 5.75 Å². The number of para-hydroxylation sites is 1. The normalized spacial score (nSPS) is 13.7. The van der Waals surface area contributed by atoms with Gasteiger partial charge in [0.15, 0.2) is 0 Å². The zero-order chi connectivity index (χ0) is 27.0. The third kappa shape index (κ3) is 8.75. The minimum absolute atomic E-state index is 0.0750. The van der Waals surface area contributed by atoms with E-state index in [9.17, 15) is 19.5 Å². The molecule has 0 saturated heterocycles. The van der Waals surface area contributed by atoms with Crippen molar-refractivity contribution in [3.8, 4) is 5.75 Å². The smallest absolute Gasteiger partial charge is 0.408 e. The van der Waals surface area contributed by atoms with E-state index in [1.54, 1.807) is 39.0 Å². The van der Waals surface area contributed by atoms with Crippen LogP contribution in [-0.2, 0) is 14.3 Å². The highest BCUT2D eigenvalue weighted by Gasteiger charge is 2.44. The van der Waals surface area contributed by atoms with Crippen molar-refractivity contribution in [1.29, 1.82) is 0 Å². The summed E-state index contributed by atoms with van der Waals surface area (Å²) in [6.07, 6.45) is 1.53. The lowest BCUT2D eigenvalue weighted by molar-refractivity contribution is -0.150. The zero-order valence-corrected chi connectivity index (χ0v) is 22.9. The van der Waals surface area contributed by atoms with Gasteiger partial charge < -0.3 is 25.4 Å². The number of hydrogen-bond acceptors (Lipinski definition) is 5. The fraction of sp³-hybridized carbons (Fsp3) is 0.667. The van der Waals surface area contributed by atoms with Gasteiger partial charge in [-0.2, -0.15) is 0 Å². The Kier molecular flexibility index (Phi) is 11.1. The Bertz CT molecular complexity index is 861. The Hall–Kier alpha value is -2.77. The Morgan fingerprint density at radius 2 is 1.66 bits per heavy atom. The molecule has 8 nitrogen and oxygen atoms in total. The highest BCUT2D eigenvalue weighted by Crippen LogP contribution is 2.36. The van der Waals surface area contributed by atoms with E-state index < -0.39 is 35.2 Å². The van der Waals surface area contributed by atoms with Crippen molar-refractivity contribution in [2.45, 2.75) is 105 Å². The number of nitrogens with one attached hydrogen (secondary N) is 2. The van der Waals surface area contributed by atoms with Crippen molar-refractivity contribution in [1.82, 2.24) is 15.5 Å². The molecule has 0 aliphatic rings. The van der Waals surface area contributed by atoms with Crippen LogP contribution in [0.3, 0.4) is 0 Å². The largest absolute Gasteiger partial charge is 0.508 e. The van der Waals surface area contributed by atoms with Gasteiger partial charge in [-0.05, 0) is 59.4 Å². The van der Waals surface area contributed by atoms with Gasteiger partial charge in [0.1, 0.15) is 23.4 Å². The first-order chi connectivity index (χ1) is 16.2. The molecule has 1 rings (SSSR count). The Labute approximate surface area is 210 Å². The summed E-state index contributed by atoms with van der Waals surface area (Å²) in [5.41, 5.74) is -1.17. The van der Waals surface area contributed by atoms with Crippen LogP contribution in [0.1, 0.15) is 93.2 Å². The van der Waals surface area contributed by atoms with Crippen molar-refractivity contribution in [3.63, 3.8) is 0 Å². The van der Waals surface area contributed by atoms with E-state index in [2.05, 4.69) is 10.6 Å². The number of benzene rings is 1. The molecule has 0 fully saturated rings. The average Bonchev–Trinajstić information content (AvgIpc) is 2.74. The zero-order valence-electron chi connectivity index (χ0n) is 22.9. The van der Waals surface area contributed by atoms with Gasteiger partial charge in [0, 0.05) is 17.6 Å². The molecule has 0 saturated carbocycles. The molecule has 0 aliphatic heterocycles. The van der Waals surface area contributed by atoms with E-state index in [1.807, 2.05) is 41.5 Å². The van der Waals surface area contributed by atoms with Crippen LogP contribution in [0, 0.1) is 5.92 Å². The first kappa shape index (κ1) is 30.3. The maximum Gasteiger partial charge on any atom is 0.408 e. The standard InChI is InChI=1S/C27H45N3O5/c1-10-12-17-28-23(32)22(19-15-13-14-16-20(19)31)30(27(8,9)11-2)24(33)21(18(3)4)29-25(34)35-26(5,6)7/h13-16,18,21-22,31H,10-12,17H2,1-9H3,(H,28,32)(H,29,34). The van der Waals surface area contributed by atoms with Crippen LogP contribution in [0.15, 0.2) is 24.3 Å². The van der Waals surface area contributed by atoms with Gasteiger partial charge >= 0.3 is 6.09 Å². The molecule has 3 N–H and O–H groups in total.